The number of methoxy groups -OCH3 is 1. The van der Waals surface area contributed by atoms with E-state index in [1.54, 1.807) is 11.5 Å². The van der Waals surface area contributed by atoms with Crippen molar-refractivity contribution in [3.63, 3.8) is 0 Å². The third-order valence-corrected chi connectivity index (χ3v) is 3.50. The largest absolute Gasteiger partial charge is 0.476 e. The smallest absolute Gasteiger partial charge is 0.356 e. The number of anilines is 1. The molecule has 0 saturated carbocycles. The third-order valence-electron chi connectivity index (χ3n) is 3.50. The third kappa shape index (κ3) is 2.15. The van der Waals surface area contributed by atoms with Gasteiger partial charge in [0.05, 0.1) is 11.8 Å². The highest BCUT2D eigenvalue weighted by Gasteiger charge is 2.22. The van der Waals surface area contributed by atoms with Crippen LogP contribution >= 0.6 is 0 Å². The van der Waals surface area contributed by atoms with Crippen LogP contribution < -0.4 is 4.90 Å². The van der Waals surface area contributed by atoms with Gasteiger partial charge in [-0.25, -0.2) is 9.78 Å². The van der Waals surface area contributed by atoms with Gasteiger partial charge in [0.2, 0.25) is 0 Å². The van der Waals surface area contributed by atoms with Crippen molar-refractivity contribution >= 4 is 17.3 Å². The molecule has 1 aliphatic rings. The lowest BCUT2D eigenvalue weighted by Gasteiger charge is -2.18. The van der Waals surface area contributed by atoms with Crippen molar-refractivity contribution in [2.24, 2.45) is 0 Å². The zero-order valence-corrected chi connectivity index (χ0v) is 10.6. The van der Waals surface area contributed by atoms with E-state index in [2.05, 4.69) is 9.88 Å². The fourth-order valence-electron chi connectivity index (χ4n) is 2.43. The molecule has 0 radical (unpaired) electrons. The number of fused-ring (bicyclic) bond motifs is 1. The zero-order chi connectivity index (χ0) is 13.4. The van der Waals surface area contributed by atoms with Crippen molar-refractivity contribution in [3.8, 4) is 0 Å². The molecule has 2 aromatic rings. The standard InChI is InChI=1S/C13H15N3O3/c1-19-10-4-5-15(7-10)9-2-3-12-14-11(13(17)18)8-16(12)6-9/h2-3,6,8,10H,4-5,7H2,1H3,(H,17,18)/t10-/m0/s1. The summed E-state index contributed by atoms with van der Waals surface area (Å²) in [6, 6.07) is 3.80. The van der Waals surface area contributed by atoms with E-state index in [0.29, 0.717) is 5.65 Å². The summed E-state index contributed by atoms with van der Waals surface area (Å²) in [6.45, 7) is 1.81. The van der Waals surface area contributed by atoms with Crippen molar-refractivity contribution in [2.75, 3.05) is 25.1 Å². The first-order chi connectivity index (χ1) is 9.17. The highest BCUT2D eigenvalue weighted by molar-refractivity contribution is 5.86. The Morgan fingerprint density at radius 2 is 2.32 bits per heavy atom. The molecule has 1 fully saturated rings. The fourth-order valence-corrected chi connectivity index (χ4v) is 2.43. The van der Waals surface area contributed by atoms with Crippen LogP contribution in [-0.2, 0) is 4.74 Å². The maximum absolute atomic E-state index is 10.9. The average molecular weight is 261 g/mol. The van der Waals surface area contributed by atoms with E-state index in [0.717, 1.165) is 25.2 Å². The molecule has 3 heterocycles. The molecule has 3 rings (SSSR count). The number of aromatic carboxylic acids is 1. The molecule has 6 nitrogen and oxygen atoms in total. The average Bonchev–Trinajstić information content (AvgIpc) is 3.04. The van der Waals surface area contributed by atoms with Crippen molar-refractivity contribution in [2.45, 2.75) is 12.5 Å². The number of rotatable bonds is 3. The first kappa shape index (κ1) is 12.0. The molecule has 0 unspecified atom stereocenters. The van der Waals surface area contributed by atoms with Gasteiger partial charge < -0.3 is 19.1 Å². The molecule has 0 amide bonds. The SMILES string of the molecule is CO[C@H]1CCN(c2ccc3nc(C(=O)O)cn3c2)C1. The Morgan fingerprint density at radius 3 is 3.00 bits per heavy atom. The Kier molecular flexibility index (Phi) is 2.87. The molecule has 6 heteroatoms. The highest BCUT2D eigenvalue weighted by atomic mass is 16.5. The topological polar surface area (TPSA) is 67.1 Å². The van der Waals surface area contributed by atoms with Gasteiger partial charge in [-0.1, -0.05) is 0 Å². The number of carboxylic acid groups (broad SMARTS) is 1. The summed E-state index contributed by atoms with van der Waals surface area (Å²) in [5.74, 6) is -1.01. The number of carboxylic acids is 1. The highest BCUT2D eigenvalue weighted by Crippen LogP contribution is 2.22. The van der Waals surface area contributed by atoms with Crippen LogP contribution in [0.1, 0.15) is 16.9 Å². The molecular formula is C13H15N3O3. The minimum atomic E-state index is -1.01. The van der Waals surface area contributed by atoms with Crippen LogP contribution in [0.2, 0.25) is 0 Å². The number of carbonyl (C=O) groups is 1. The molecule has 1 atom stereocenters. The first-order valence-electron chi connectivity index (χ1n) is 6.17. The van der Waals surface area contributed by atoms with Crippen LogP contribution in [0, 0.1) is 0 Å². The maximum atomic E-state index is 10.9. The minimum absolute atomic E-state index is 0.0633. The van der Waals surface area contributed by atoms with Gasteiger partial charge in [-0.05, 0) is 18.6 Å². The Bertz CT molecular complexity index is 623. The lowest BCUT2D eigenvalue weighted by molar-refractivity contribution is 0.0691. The second kappa shape index (κ2) is 4.55. The Balaban J connectivity index is 1.91. The molecule has 1 N–H and O–H groups in total. The van der Waals surface area contributed by atoms with Crippen LogP contribution in [-0.4, -0.2) is 46.8 Å². The number of pyridine rings is 1. The Hall–Kier alpha value is -2.08. The first-order valence-corrected chi connectivity index (χ1v) is 6.17. The van der Waals surface area contributed by atoms with Crippen molar-refractivity contribution < 1.29 is 14.6 Å². The molecular weight excluding hydrogens is 246 g/mol. The van der Waals surface area contributed by atoms with Crippen LogP contribution in [0.3, 0.4) is 0 Å². The molecule has 0 aromatic carbocycles. The normalized spacial score (nSPS) is 19.2. The van der Waals surface area contributed by atoms with Crippen molar-refractivity contribution in [1.29, 1.82) is 0 Å². The number of hydrogen-bond donors (Lipinski definition) is 1. The van der Waals surface area contributed by atoms with Gasteiger partial charge in [-0.15, -0.1) is 0 Å². The number of imidazole rings is 1. The Morgan fingerprint density at radius 1 is 1.47 bits per heavy atom. The van der Waals surface area contributed by atoms with E-state index in [9.17, 15) is 4.79 Å². The molecule has 1 aliphatic heterocycles. The van der Waals surface area contributed by atoms with E-state index in [4.69, 9.17) is 9.84 Å². The maximum Gasteiger partial charge on any atom is 0.356 e. The molecule has 2 aromatic heterocycles. The van der Waals surface area contributed by atoms with E-state index in [1.165, 1.54) is 6.20 Å². The summed E-state index contributed by atoms with van der Waals surface area (Å²) in [4.78, 5) is 17.2. The van der Waals surface area contributed by atoms with E-state index >= 15 is 0 Å². The Labute approximate surface area is 110 Å². The summed E-state index contributed by atoms with van der Waals surface area (Å²) in [6.07, 6.45) is 4.73. The molecule has 100 valence electrons. The van der Waals surface area contributed by atoms with Crippen LogP contribution in [0.4, 0.5) is 5.69 Å². The summed E-state index contributed by atoms with van der Waals surface area (Å²) in [5, 5.41) is 8.93. The van der Waals surface area contributed by atoms with Crippen LogP contribution in [0.25, 0.3) is 5.65 Å². The van der Waals surface area contributed by atoms with Gasteiger partial charge in [0.15, 0.2) is 5.69 Å². The number of hydrogen-bond acceptors (Lipinski definition) is 4. The summed E-state index contributed by atoms with van der Waals surface area (Å²) in [7, 11) is 1.73. The predicted octanol–water partition coefficient (Wildman–Crippen LogP) is 1.26. The summed E-state index contributed by atoms with van der Waals surface area (Å²) in [5.41, 5.74) is 1.76. The van der Waals surface area contributed by atoms with Gasteiger partial charge in [0, 0.05) is 32.6 Å². The summed E-state index contributed by atoms with van der Waals surface area (Å²) < 4.78 is 7.10. The fraction of sp³-hybridized carbons (Fsp3) is 0.385. The van der Waals surface area contributed by atoms with E-state index < -0.39 is 5.97 Å². The van der Waals surface area contributed by atoms with Gasteiger partial charge in [-0.3, -0.25) is 0 Å². The number of ether oxygens (including phenoxy) is 1. The number of nitrogens with zero attached hydrogens (tertiary/aromatic N) is 3. The quantitative estimate of drug-likeness (QED) is 0.901. The van der Waals surface area contributed by atoms with Gasteiger partial charge in [-0.2, -0.15) is 0 Å². The lowest BCUT2D eigenvalue weighted by atomic mass is 10.3. The molecule has 0 spiro atoms. The van der Waals surface area contributed by atoms with Gasteiger partial charge >= 0.3 is 5.97 Å². The van der Waals surface area contributed by atoms with Crippen molar-refractivity contribution in [3.05, 3.63) is 30.2 Å². The van der Waals surface area contributed by atoms with Crippen LogP contribution in [0.15, 0.2) is 24.5 Å². The molecule has 1 saturated heterocycles. The zero-order valence-electron chi connectivity index (χ0n) is 10.6. The monoisotopic (exact) mass is 261 g/mol. The van der Waals surface area contributed by atoms with Crippen molar-refractivity contribution in [1.82, 2.24) is 9.38 Å². The van der Waals surface area contributed by atoms with E-state index in [-0.39, 0.29) is 11.8 Å². The minimum Gasteiger partial charge on any atom is -0.476 e. The second-order valence-corrected chi connectivity index (χ2v) is 4.68. The van der Waals surface area contributed by atoms with Gasteiger partial charge in [0.1, 0.15) is 5.65 Å². The lowest BCUT2D eigenvalue weighted by Crippen LogP contribution is -2.22. The molecule has 19 heavy (non-hydrogen) atoms. The van der Waals surface area contributed by atoms with Gasteiger partial charge in [0.25, 0.3) is 0 Å². The van der Waals surface area contributed by atoms with E-state index in [1.807, 2.05) is 18.3 Å². The molecule has 0 bridgehead atoms. The molecule has 0 aliphatic carbocycles. The number of aromatic nitrogens is 2. The predicted molar refractivity (Wildman–Crippen MR) is 69.8 cm³/mol. The second-order valence-electron chi connectivity index (χ2n) is 4.68. The summed E-state index contributed by atoms with van der Waals surface area (Å²) >= 11 is 0. The van der Waals surface area contributed by atoms with Crippen LogP contribution in [0.5, 0.6) is 0 Å².